The maximum atomic E-state index is 6.55. The van der Waals surface area contributed by atoms with Gasteiger partial charge in [-0.3, -0.25) is 0 Å². The minimum atomic E-state index is 0.216. The van der Waals surface area contributed by atoms with Gasteiger partial charge in [-0.15, -0.1) is 0 Å². The van der Waals surface area contributed by atoms with Gasteiger partial charge in [0, 0.05) is 33.5 Å². The van der Waals surface area contributed by atoms with Gasteiger partial charge in [0.15, 0.2) is 0 Å². The Morgan fingerprint density at radius 3 is 2.48 bits per heavy atom. The third-order valence-corrected chi connectivity index (χ3v) is 7.28. The summed E-state index contributed by atoms with van der Waals surface area (Å²) in [4.78, 5) is 2.25. The molecule has 1 saturated heterocycles. The van der Waals surface area contributed by atoms with Crippen LogP contribution in [-0.2, 0) is 0 Å². The molecule has 2 heterocycles. The van der Waals surface area contributed by atoms with Crippen LogP contribution in [0.4, 0.5) is 0 Å². The number of hydrogen-bond donors (Lipinski definition) is 1. The van der Waals surface area contributed by atoms with Crippen molar-refractivity contribution < 1.29 is 4.74 Å². The van der Waals surface area contributed by atoms with Crippen LogP contribution in [0.5, 0.6) is 5.75 Å². The summed E-state index contributed by atoms with van der Waals surface area (Å²) in [5, 5.41) is 5.13. The number of hydrogen-bond acceptors (Lipinski definition) is 3. The number of piperidine rings is 1. The molecule has 0 spiro atoms. The number of benzene rings is 3. The molecule has 148 valence electrons. The molecule has 2 atom stereocenters. The molecular weight excluding hydrogens is 445 g/mol. The van der Waals surface area contributed by atoms with Gasteiger partial charge in [0.25, 0.3) is 0 Å². The van der Waals surface area contributed by atoms with E-state index < -0.39 is 0 Å². The van der Waals surface area contributed by atoms with Gasteiger partial charge >= 0.3 is 0 Å². The highest BCUT2D eigenvalue weighted by Crippen LogP contribution is 2.50. The van der Waals surface area contributed by atoms with Crippen LogP contribution in [0.1, 0.15) is 17.9 Å². The molecule has 6 heteroatoms. The van der Waals surface area contributed by atoms with E-state index in [-0.39, 0.29) is 6.10 Å². The second-order valence-corrected chi connectivity index (χ2v) is 9.67. The number of halogens is 3. The average molecular weight is 463 g/mol. The summed E-state index contributed by atoms with van der Waals surface area (Å²) >= 11 is 20.9. The van der Waals surface area contributed by atoms with Gasteiger partial charge in [0.2, 0.25) is 0 Å². The molecule has 0 amide bonds. The first-order valence-electron chi connectivity index (χ1n) is 9.53. The predicted molar refractivity (Wildman–Crippen MR) is 122 cm³/mol. The Kier molecular flexibility index (Phi) is 5.44. The van der Waals surface area contributed by atoms with Crippen molar-refractivity contribution in [2.24, 2.45) is 0 Å². The van der Waals surface area contributed by atoms with Crippen molar-refractivity contribution in [1.29, 1.82) is 0 Å². The van der Waals surface area contributed by atoms with Gasteiger partial charge in [-0.25, -0.2) is 0 Å². The largest absolute Gasteiger partial charge is 0.488 e. The molecular formula is C23H18Cl3NOS. The monoisotopic (exact) mass is 461 g/mol. The highest BCUT2D eigenvalue weighted by atomic mass is 35.5. The van der Waals surface area contributed by atoms with Gasteiger partial charge in [-0.1, -0.05) is 64.8 Å². The van der Waals surface area contributed by atoms with E-state index in [2.05, 4.69) is 29.6 Å². The Morgan fingerprint density at radius 2 is 1.72 bits per heavy atom. The molecule has 2 nitrogen and oxygen atoms in total. The molecule has 0 bridgehead atoms. The van der Waals surface area contributed by atoms with Crippen molar-refractivity contribution in [3.05, 3.63) is 75.2 Å². The van der Waals surface area contributed by atoms with Crippen molar-refractivity contribution in [3.8, 4) is 16.9 Å². The first kappa shape index (κ1) is 19.6. The lowest BCUT2D eigenvalue weighted by molar-refractivity contribution is 0.169. The topological polar surface area (TPSA) is 21.3 Å². The summed E-state index contributed by atoms with van der Waals surface area (Å²) in [6.45, 7) is 1.90. The van der Waals surface area contributed by atoms with Gasteiger partial charge in [-0.05, 0) is 54.9 Å². The fourth-order valence-corrected chi connectivity index (χ4v) is 6.14. The summed E-state index contributed by atoms with van der Waals surface area (Å²) in [5.74, 6) is 1.32. The molecule has 29 heavy (non-hydrogen) atoms. The number of ether oxygens (including phenoxy) is 1. The van der Waals surface area contributed by atoms with Crippen LogP contribution < -0.4 is 10.1 Å². The second-order valence-electron chi connectivity index (χ2n) is 7.31. The van der Waals surface area contributed by atoms with Crippen LogP contribution in [0.3, 0.4) is 0 Å². The molecule has 1 fully saturated rings. The van der Waals surface area contributed by atoms with Crippen LogP contribution in [0.2, 0.25) is 15.1 Å². The summed E-state index contributed by atoms with van der Waals surface area (Å²) in [7, 11) is 0. The quantitative estimate of drug-likeness (QED) is 0.441. The molecule has 5 rings (SSSR count). The fourth-order valence-electron chi connectivity index (χ4n) is 4.12. The smallest absolute Gasteiger partial charge is 0.137 e. The van der Waals surface area contributed by atoms with E-state index in [0.717, 1.165) is 46.2 Å². The summed E-state index contributed by atoms with van der Waals surface area (Å²) < 4.78 is 6.44. The van der Waals surface area contributed by atoms with E-state index in [9.17, 15) is 0 Å². The van der Waals surface area contributed by atoms with Crippen molar-refractivity contribution in [2.45, 2.75) is 28.2 Å². The van der Waals surface area contributed by atoms with E-state index in [4.69, 9.17) is 39.5 Å². The predicted octanol–water partition coefficient (Wildman–Crippen LogP) is 7.30. The lowest BCUT2D eigenvalue weighted by Gasteiger charge is -2.25. The van der Waals surface area contributed by atoms with Crippen molar-refractivity contribution >= 4 is 46.6 Å². The van der Waals surface area contributed by atoms with Gasteiger partial charge in [0.05, 0.1) is 14.9 Å². The number of fused-ring (bicyclic) bond motifs is 3. The molecule has 0 radical (unpaired) electrons. The lowest BCUT2D eigenvalue weighted by Crippen LogP contribution is -2.37. The van der Waals surface area contributed by atoms with Crippen LogP contribution >= 0.6 is 46.6 Å². The maximum absolute atomic E-state index is 6.55. The third-order valence-electron chi connectivity index (χ3n) is 5.44. The molecule has 2 aliphatic heterocycles. The normalized spacial score (nSPS) is 20.1. The Morgan fingerprint density at radius 1 is 0.966 bits per heavy atom. The summed E-state index contributed by atoms with van der Waals surface area (Å²) in [6, 6.07) is 18.1. The zero-order chi connectivity index (χ0) is 20.0. The lowest BCUT2D eigenvalue weighted by atomic mass is 9.89. The Hall–Kier alpha value is -1.36. The Balaban J connectivity index is 1.67. The SMILES string of the molecule is Clc1cc(Cl)c(-c2cc(Sc3ccccc3)c3c(c2)[C@@H]2CNCCC2O3)c(Cl)c1. The van der Waals surface area contributed by atoms with Gasteiger partial charge < -0.3 is 10.1 Å². The molecule has 0 aliphatic carbocycles. The van der Waals surface area contributed by atoms with E-state index in [0.29, 0.717) is 21.0 Å². The van der Waals surface area contributed by atoms with Crippen LogP contribution in [0, 0.1) is 0 Å². The Labute approximate surface area is 189 Å². The Bertz CT molecular complexity index is 1050. The van der Waals surface area contributed by atoms with E-state index in [1.165, 1.54) is 5.56 Å². The first-order chi connectivity index (χ1) is 14.1. The zero-order valence-corrected chi connectivity index (χ0v) is 18.5. The highest BCUT2D eigenvalue weighted by molar-refractivity contribution is 7.99. The van der Waals surface area contributed by atoms with Gasteiger partial charge in [0.1, 0.15) is 11.9 Å². The highest BCUT2D eigenvalue weighted by Gasteiger charge is 2.38. The minimum Gasteiger partial charge on any atom is -0.488 e. The minimum absolute atomic E-state index is 0.216. The number of nitrogens with one attached hydrogen (secondary N) is 1. The van der Waals surface area contributed by atoms with Crippen molar-refractivity contribution in [2.75, 3.05) is 13.1 Å². The van der Waals surface area contributed by atoms with Crippen molar-refractivity contribution in [1.82, 2.24) is 5.32 Å². The van der Waals surface area contributed by atoms with Crippen molar-refractivity contribution in [3.63, 3.8) is 0 Å². The maximum Gasteiger partial charge on any atom is 0.137 e. The third kappa shape index (κ3) is 3.75. The van der Waals surface area contributed by atoms with Crippen LogP contribution in [0.25, 0.3) is 11.1 Å². The first-order valence-corrected chi connectivity index (χ1v) is 11.5. The standard InChI is InChI=1S/C23H18Cl3NOS/c24-14-10-18(25)22(19(26)11-14)13-8-16-17-12-27-7-6-20(17)28-23(16)21(9-13)29-15-4-2-1-3-5-15/h1-5,8-11,17,20,27H,6-7,12H2/t17-,20?/m0/s1. The van der Waals surface area contributed by atoms with E-state index in [1.807, 2.05) is 18.2 Å². The molecule has 3 aromatic rings. The number of rotatable bonds is 3. The second kappa shape index (κ2) is 8.05. The molecule has 2 aliphatic rings. The molecule has 1 N–H and O–H groups in total. The molecule has 3 aromatic carbocycles. The fraction of sp³-hybridized carbons (Fsp3) is 0.217. The van der Waals surface area contributed by atoms with E-state index >= 15 is 0 Å². The summed E-state index contributed by atoms with van der Waals surface area (Å²) in [5.41, 5.74) is 3.02. The average Bonchev–Trinajstić information content (AvgIpc) is 3.07. The molecule has 0 saturated carbocycles. The van der Waals surface area contributed by atoms with E-state index in [1.54, 1.807) is 23.9 Å². The summed E-state index contributed by atoms with van der Waals surface area (Å²) in [6.07, 6.45) is 1.22. The molecule has 1 unspecified atom stereocenters. The van der Waals surface area contributed by atoms with Crippen LogP contribution in [-0.4, -0.2) is 19.2 Å². The van der Waals surface area contributed by atoms with Gasteiger partial charge in [-0.2, -0.15) is 0 Å². The zero-order valence-electron chi connectivity index (χ0n) is 15.4. The van der Waals surface area contributed by atoms with Crippen LogP contribution in [0.15, 0.2) is 64.4 Å². The molecule has 0 aromatic heterocycles.